The summed E-state index contributed by atoms with van der Waals surface area (Å²) in [5.74, 6) is 0. The first-order chi connectivity index (χ1) is 6.81. The van der Waals surface area contributed by atoms with Crippen LogP contribution in [-0.4, -0.2) is 62.4 Å². The van der Waals surface area contributed by atoms with Crippen LogP contribution in [0, 0.1) is 0 Å². The summed E-state index contributed by atoms with van der Waals surface area (Å²) < 4.78 is 0. The van der Waals surface area contributed by atoms with Crippen LogP contribution in [0.3, 0.4) is 0 Å². The Hall–Kier alpha value is -0.160. The predicted molar refractivity (Wildman–Crippen MR) is 58.1 cm³/mol. The van der Waals surface area contributed by atoms with Crippen molar-refractivity contribution < 1.29 is 0 Å². The quantitative estimate of drug-likeness (QED) is 0.625. The number of likely N-dealkylation sites (N-methyl/N-ethyl adjacent to an activating group) is 2. The molecule has 0 bridgehead atoms. The second-order valence-corrected chi connectivity index (χ2v) is 4.43. The van der Waals surface area contributed by atoms with E-state index in [2.05, 4.69) is 34.7 Å². The zero-order chi connectivity index (χ0) is 9.97. The maximum atomic E-state index is 3.42. The smallest absolute Gasteiger partial charge is 0.0348 e. The number of hydrogen-bond donors (Lipinski definition) is 2. The van der Waals surface area contributed by atoms with Gasteiger partial charge in [-0.2, -0.15) is 0 Å². The maximum Gasteiger partial charge on any atom is 0.0348 e. The van der Waals surface area contributed by atoms with Crippen LogP contribution in [0.2, 0.25) is 0 Å². The van der Waals surface area contributed by atoms with E-state index >= 15 is 0 Å². The molecule has 2 heterocycles. The highest BCUT2D eigenvalue weighted by atomic mass is 15.7. The molecule has 0 saturated carbocycles. The first kappa shape index (κ1) is 10.4. The van der Waals surface area contributed by atoms with Gasteiger partial charge in [0.05, 0.1) is 0 Å². The summed E-state index contributed by atoms with van der Waals surface area (Å²) in [6.07, 6.45) is 2.58. The van der Waals surface area contributed by atoms with Crippen LogP contribution in [0.1, 0.15) is 12.8 Å². The number of hydrogen-bond acceptors (Lipinski definition) is 4. The van der Waals surface area contributed by atoms with Crippen molar-refractivity contribution in [2.75, 3.05) is 40.3 Å². The van der Waals surface area contributed by atoms with E-state index in [-0.39, 0.29) is 0 Å². The Kier molecular flexibility index (Phi) is 3.38. The van der Waals surface area contributed by atoms with E-state index in [1.54, 1.807) is 0 Å². The second kappa shape index (κ2) is 4.57. The lowest BCUT2D eigenvalue weighted by Gasteiger charge is -2.35. The Morgan fingerprint density at radius 3 is 2.50 bits per heavy atom. The first-order valence-electron chi connectivity index (χ1n) is 5.67. The first-order valence-corrected chi connectivity index (χ1v) is 5.67. The minimum atomic E-state index is 0.648. The largest absolute Gasteiger partial charge is 0.317 e. The van der Waals surface area contributed by atoms with Crippen molar-refractivity contribution >= 4 is 0 Å². The van der Waals surface area contributed by atoms with Crippen LogP contribution in [-0.2, 0) is 0 Å². The fraction of sp³-hybridized carbons (Fsp3) is 1.00. The van der Waals surface area contributed by atoms with Crippen LogP contribution < -0.4 is 10.6 Å². The van der Waals surface area contributed by atoms with E-state index in [1.165, 1.54) is 32.5 Å². The topological polar surface area (TPSA) is 30.5 Å². The summed E-state index contributed by atoms with van der Waals surface area (Å²) in [6, 6.07) is 1.41. The summed E-state index contributed by atoms with van der Waals surface area (Å²) in [5, 5.41) is 11.7. The van der Waals surface area contributed by atoms with Gasteiger partial charge in [0, 0.05) is 32.2 Å². The molecular formula is C10H22N4. The summed E-state index contributed by atoms with van der Waals surface area (Å²) >= 11 is 0. The summed E-state index contributed by atoms with van der Waals surface area (Å²) in [6.45, 7) is 4.69. The van der Waals surface area contributed by atoms with Crippen molar-refractivity contribution in [3.63, 3.8) is 0 Å². The summed E-state index contributed by atoms with van der Waals surface area (Å²) in [4.78, 5) is 0. The highest BCUT2D eigenvalue weighted by Gasteiger charge is 2.32. The Morgan fingerprint density at radius 2 is 1.93 bits per heavy atom. The van der Waals surface area contributed by atoms with Crippen LogP contribution in [0.5, 0.6) is 0 Å². The molecule has 0 aliphatic carbocycles. The van der Waals surface area contributed by atoms with Gasteiger partial charge in [-0.05, 0) is 33.0 Å². The molecule has 0 amide bonds. The van der Waals surface area contributed by atoms with Crippen LogP contribution in [0.15, 0.2) is 0 Å². The molecule has 1 unspecified atom stereocenters. The van der Waals surface area contributed by atoms with Gasteiger partial charge in [-0.25, -0.2) is 10.0 Å². The normalized spacial score (nSPS) is 32.6. The fourth-order valence-corrected chi connectivity index (χ4v) is 2.56. The molecule has 4 nitrogen and oxygen atoms in total. The number of nitrogens with zero attached hydrogens (tertiary/aromatic N) is 2. The third-order valence-electron chi connectivity index (χ3n) is 3.47. The zero-order valence-corrected chi connectivity index (χ0v) is 9.29. The molecule has 0 aromatic carbocycles. The Balaban J connectivity index is 1.90. The molecule has 0 radical (unpaired) electrons. The molecule has 2 saturated heterocycles. The summed E-state index contributed by atoms with van der Waals surface area (Å²) in [7, 11) is 4.27. The Labute approximate surface area is 86.6 Å². The van der Waals surface area contributed by atoms with Crippen molar-refractivity contribution in [3.8, 4) is 0 Å². The van der Waals surface area contributed by atoms with E-state index in [4.69, 9.17) is 0 Å². The SMILES string of the molecule is CNC1CN(C)N(C2CCNCC2)C1. The molecule has 2 aliphatic heterocycles. The van der Waals surface area contributed by atoms with Gasteiger partial charge in [-0.15, -0.1) is 0 Å². The van der Waals surface area contributed by atoms with Crippen LogP contribution in [0.4, 0.5) is 0 Å². The predicted octanol–water partition coefficient (Wildman–Crippen LogP) is -0.511. The van der Waals surface area contributed by atoms with Crippen molar-refractivity contribution in [1.82, 2.24) is 20.7 Å². The van der Waals surface area contributed by atoms with Crippen LogP contribution >= 0.6 is 0 Å². The lowest BCUT2D eigenvalue weighted by Crippen LogP contribution is -2.47. The van der Waals surface area contributed by atoms with Crippen LogP contribution in [0.25, 0.3) is 0 Å². The Bertz CT molecular complexity index is 179. The van der Waals surface area contributed by atoms with Crippen molar-refractivity contribution in [2.24, 2.45) is 0 Å². The van der Waals surface area contributed by atoms with Gasteiger partial charge >= 0.3 is 0 Å². The molecule has 1 atom stereocenters. The maximum absolute atomic E-state index is 3.42. The molecule has 2 fully saturated rings. The van der Waals surface area contributed by atoms with Gasteiger partial charge in [0.2, 0.25) is 0 Å². The number of hydrazine groups is 1. The third kappa shape index (κ3) is 2.08. The molecule has 2 aliphatic rings. The fourth-order valence-electron chi connectivity index (χ4n) is 2.56. The van der Waals surface area contributed by atoms with Gasteiger partial charge in [0.1, 0.15) is 0 Å². The summed E-state index contributed by atoms with van der Waals surface area (Å²) in [5.41, 5.74) is 0. The lowest BCUT2D eigenvalue weighted by atomic mass is 10.1. The number of piperidine rings is 1. The van der Waals surface area contributed by atoms with E-state index in [0.717, 1.165) is 12.6 Å². The van der Waals surface area contributed by atoms with E-state index < -0.39 is 0 Å². The van der Waals surface area contributed by atoms with Crippen molar-refractivity contribution in [1.29, 1.82) is 0 Å². The van der Waals surface area contributed by atoms with Gasteiger partial charge in [0.25, 0.3) is 0 Å². The molecular weight excluding hydrogens is 176 g/mol. The van der Waals surface area contributed by atoms with E-state index in [0.29, 0.717) is 6.04 Å². The molecule has 2 N–H and O–H groups in total. The monoisotopic (exact) mass is 198 g/mol. The minimum absolute atomic E-state index is 0.648. The average molecular weight is 198 g/mol. The Morgan fingerprint density at radius 1 is 1.21 bits per heavy atom. The molecule has 0 spiro atoms. The van der Waals surface area contributed by atoms with Crippen molar-refractivity contribution in [3.05, 3.63) is 0 Å². The molecule has 4 heteroatoms. The average Bonchev–Trinajstić information content (AvgIpc) is 2.61. The highest BCUT2D eigenvalue weighted by molar-refractivity contribution is 4.85. The second-order valence-electron chi connectivity index (χ2n) is 4.43. The molecule has 82 valence electrons. The molecule has 0 aromatic heterocycles. The van der Waals surface area contributed by atoms with Crippen molar-refractivity contribution in [2.45, 2.75) is 24.9 Å². The van der Waals surface area contributed by atoms with Gasteiger partial charge in [0.15, 0.2) is 0 Å². The van der Waals surface area contributed by atoms with Gasteiger partial charge in [-0.1, -0.05) is 0 Å². The minimum Gasteiger partial charge on any atom is -0.317 e. The van der Waals surface area contributed by atoms with Gasteiger partial charge in [-0.3, -0.25) is 0 Å². The number of rotatable bonds is 2. The lowest BCUT2D eigenvalue weighted by molar-refractivity contribution is -0.00222. The molecule has 2 rings (SSSR count). The highest BCUT2D eigenvalue weighted by Crippen LogP contribution is 2.18. The number of nitrogens with one attached hydrogen (secondary N) is 2. The molecule has 0 aromatic rings. The van der Waals surface area contributed by atoms with E-state index in [9.17, 15) is 0 Å². The molecule has 14 heavy (non-hydrogen) atoms. The van der Waals surface area contributed by atoms with Gasteiger partial charge < -0.3 is 10.6 Å². The zero-order valence-electron chi connectivity index (χ0n) is 9.29. The third-order valence-corrected chi connectivity index (χ3v) is 3.47. The van der Waals surface area contributed by atoms with E-state index in [1.807, 2.05) is 0 Å². The standard InChI is InChI=1S/C10H22N4/c1-11-9-7-13(2)14(8-9)10-3-5-12-6-4-10/h9-12H,3-8H2,1-2H3.